The Balaban J connectivity index is 1.73. The molecular weight excluding hydrogens is 272 g/mol. The SMILES string of the molecule is CCN1CCOC(c2noc(-c3cn(CCN)cn3)n2)C1. The number of nitrogens with zero attached hydrogens (tertiary/aromatic N) is 5. The lowest BCUT2D eigenvalue weighted by molar-refractivity contribution is -0.0334. The molecule has 2 N–H and O–H groups in total. The molecule has 1 atom stereocenters. The smallest absolute Gasteiger partial charge is 0.278 e. The van der Waals surface area contributed by atoms with Crippen LogP contribution in [0, 0.1) is 0 Å². The molecule has 0 aliphatic carbocycles. The molecule has 0 spiro atoms. The van der Waals surface area contributed by atoms with Gasteiger partial charge in [0, 0.05) is 32.4 Å². The molecule has 8 nitrogen and oxygen atoms in total. The van der Waals surface area contributed by atoms with Crippen molar-refractivity contribution in [1.82, 2.24) is 24.6 Å². The quantitative estimate of drug-likeness (QED) is 0.846. The first-order valence-corrected chi connectivity index (χ1v) is 7.20. The first-order valence-electron chi connectivity index (χ1n) is 7.20. The minimum Gasteiger partial charge on any atom is -0.367 e. The summed E-state index contributed by atoms with van der Waals surface area (Å²) in [6, 6.07) is 0. The summed E-state index contributed by atoms with van der Waals surface area (Å²) >= 11 is 0. The molecule has 0 radical (unpaired) electrons. The van der Waals surface area contributed by atoms with E-state index >= 15 is 0 Å². The van der Waals surface area contributed by atoms with Crippen LogP contribution in [0.1, 0.15) is 18.9 Å². The molecule has 21 heavy (non-hydrogen) atoms. The molecule has 3 rings (SSSR count). The molecule has 2 aromatic heterocycles. The highest BCUT2D eigenvalue weighted by Crippen LogP contribution is 2.22. The lowest BCUT2D eigenvalue weighted by Crippen LogP contribution is -2.38. The Morgan fingerprint density at radius 3 is 3.19 bits per heavy atom. The second kappa shape index (κ2) is 6.33. The zero-order valence-corrected chi connectivity index (χ0v) is 12.1. The molecule has 0 aromatic carbocycles. The molecule has 1 saturated heterocycles. The molecule has 3 heterocycles. The topological polar surface area (TPSA) is 95.2 Å². The van der Waals surface area contributed by atoms with Gasteiger partial charge in [-0.25, -0.2) is 4.98 Å². The molecular formula is C13H20N6O2. The highest BCUT2D eigenvalue weighted by Gasteiger charge is 2.26. The van der Waals surface area contributed by atoms with Gasteiger partial charge >= 0.3 is 0 Å². The Morgan fingerprint density at radius 2 is 2.38 bits per heavy atom. The van der Waals surface area contributed by atoms with Crippen LogP contribution in [-0.2, 0) is 11.3 Å². The maximum Gasteiger partial charge on any atom is 0.278 e. The summed E-state index contributed by atoms with van der Waals surface area (Å²) in [5.74, 6) is 0.995. The van der Waals surface area contributed by atoms with E-state index in [-0.39, 0.29) is 6.10 Å². The lowest BCUT2D eigenvalue weighted by Gasteiger charge is -2.30. The summed E-state index contributed by atoms with van der Waals surface area (Å²) in [4.78, 5) is 11.0. The summed E-state index contributed by atoms with van der Waals surface area (Å²) in [5, 5.41) is 4.03. The Hall–Kier alpha value is -1.77. The van der Waals surface area contributed by atoms with Gasteiger partial charge in [0.05, 0.1) is 12.9 Å². The Kier molecular flexibility index (Phi) is 4.28. The van der Waals surface area contributed by atoms with Crippen LogP contribution >= 0.6 is 0 Å². The lowest BCUT2D eigenvalue weighted by atomic mass is 10.2. The van der Waals surface area contributed by atoms with E-state index in [1.165, 1.54) is 0 Å². The maximum atomic E-state index is 5.72. The molecule has 0 saturated carbocycles. The third-order valence-corrected chi connectivity index (χ3v) is 3.57. The van der Waals surface area contributed by atoms with Gasteiger partial charge in [0.15, 0.2) is 0 Å². The van der Waals surface area contributed by atoms with Gasteiger partial charge < -0.3 is 19.6 Å². The standard InChI is InChI=1S/C13H20N6O2/c1-2-18-5-6-20-11(8-18)12-16-13(21-17-12)10-7-19(4-3-14)9-15-10/h7,9,11H,2-6,8,14H2,1H3. The Labute approximate surface area is 122 Å². The van der Waals surface area contributed by atoms with Gasteiger partial charge in [-0.05, 0) is 6.54 Å². The van der Waals surface area contributed by atoms with Crippen molar-refractivity contribution in [2.24, 2.45) is 5.73 Å². The Bertz CT molecular complexity index is 581. The van der Waals surface area contributed by atoms with E-state index in [1.807, 2.05) is 10.8 Å². The zero-order chi connectivity index (χ0) is 14.7. The summed E-state index contributed by atoms with van der Waals surface area (Å²) in [6.07, 6.45) is 3.42. The molecule has 1 fully saturated rings. The van der Waals surface area contributed by atoms with Crippen molar-refractivity contribution in [3.05, 3.63) is 18.3 Å². The van der Waals surface area contributed by atoms with Crippen LogP contribution in [0.25, 0.3) is 11.6 Å². The van der Waals surface area contributed by atoms with Crippen molar-refractivity contribution in [2.75, 3.05) is 32.8 Å². The molecule has 0 amide bonds. The third kappa shape index (κ3) is 3.12. The summed E-state index contributed by atoms with van der Waals surface area (Å²) in [7, 11) is 0. The van der Waals surface area contributed by atoms with Gasteiger partial charge in [0.2, 0.25) is 5.82 Å². The number of morpholine rings is 1. The van der Waals surface area contributed by atoms with Crippen molar-refractivity contribution in [3.8, 4) is 11.6 Å². The van der Waals surface area contributed by atoms with Crippen LogP contribution in [0.5, 0.6) is 0 Å². The second-order valence-electron chi connectivity index (χ2n) is 5.00. The van der Waals surface area contributed by atoms with Crippen molar-refractivity contribution < 1.29 is 9.26 Å². The second-order valence-corrected chi connectivity index (χ2v) is 5.00. The maximum absolute atomic E-state index is 5.72. The van der Waals surface area contributed by atoms with E-state index in [4.69, 9.17) is 15.0 Å². The fourth-order valence-electron chi connectivity index (χ4n) is 2.36. The van der Waals surface area contributed by atoms with Crippen molar-refractivity contribution >= 4 is 0 Å². The van der Waals surface area contributed by atoms with Crippen LogP contribution in [0.3, 0.4) is 0 Å². The number of imidazole rings is 1. The van der Waals surface area contributed by atoms with Crippen molar-refractivity contribution in [3.63, 3.8) is 0 Å². The van der Waals surface area contributed by atoms with Crippen LogP contribution in [0.2, 0.25) is 0 Å². The normalized spacial score (nSPS) is 20.0. The monoisotopic (exact) mass is 292 g/mol. The summed E-state index contributed by atoms with van der Waals surface area (Å²) in [5.41, 5.74) is 6.17. The number of aromatic nitrogens is 4. The number of ether oxygens (including phenoxy) is 1. The highest BCUT2D eigenvalue weighted by molar-refractivity contribution is 5.44. The average molecular weight is 292 g/mol. The summed E-state index contributed by atoms with van der Waals surface area (Å²) < 4.78 is 12.9. The number of nitrogens with two attached hydrogens (primary N) is 1. The van der Waals surface area contributed by atoms with Crippen LogP contribution in [0.4, 0.5) is 0 Å². The van der Waals surface area contributed by atoms with E-state index in [0.29, 0.717) is 37.1 Å². The minimum atomic E-state index is -0.137. The number of hydrogen-bond acceptors (Lipinski definition) is 7. The van der Waals surface area contributed by atoms with Crippen LogP contribution < -0.4 is 5.73 Å². The summed E-state index contributed by atoms with van der Waals surface area (Å²) in [6.45, 7) is 6.83. The van der Waals surface area contributed by atoms with E-state index in [1.54, 1.807) is 6.33 Å². The molecule has 114 valence electrons. The highest BCUT2D eigenvalue weighted by atomic mass is 16.5. The fourth-order valence-corrected chi connectivity index (χ4v) is 2.36. The van der Waals surface area contributed by atoms with E-state index < -0.39 is 0 Å². The van der Waals surface area contributed by atoms with Crippen molar-refractivity contribution in [1.29, 1.82) is 0 Å². The van der Waals surface area contributed by atoms with E-state index in [2.05, 4.69) is 26.9 Å². The predicted molar refractivity (Wildman–Crippen MR) is 75.4 cm³/mol. The van der Waals surface area contributed by atoms with Gasteiger partial charge in [-0.15, -0.1) is 0 Å². The zero-order valence-electron chi connectivity index (χ0n) is 12.1. The largest absolute Gasteiger partial charge is 0.367 e. The van der Waals surface area contributed by atoms with E-state index in [0.717, 1.165) is 19.6 Å². The van der Waals surface area contributed by atoms with Crippen LogP contribution in [-0.4, -0.2) is 57.4 Å². The molecule has 0 bridgehead atoms. The molecule has 8 heteroatoms. The number of hydrogen-bond donors (Lipinski definition) is 1. The first-order chi connectivity index (χ1) is 10.3. The molecule has 1 aliphatic heterocycles. The van der Waals surface area contributed by atoms with Crippen molar-refractivity contribution in [2.45, 2.75) is 19.6 Å². The third-order valence-electron chi connectivity index (χ3n) is 3.57. The fraction of sp³-hybridized carbons (Fsp3) is 0.615. The van der Waals surface area contributed by atoms with Gasteiger partial charge in [0.1, 0.15) is 11.8 Å². The first kappa shape index (κ1) is 14.2. The average Bonchev–Trinajstić information content (AvgIpc) is 3.16. The van der Waals surface area contributed by atoms with E-state index in [9.17, 15) is 0 Å². The van der Waals surface area contributed by atoms with Gasteiger partial charge in [-0.1, -0.05) is 12.1 Å². The number of likely N-dealkylation sites (N-methyl/N-ethyl adjacent to an activating group) is 1. The molecule has 2 aromatic rings. The minimum absolute atomic E-state index is 0.137. The Morgan fingerprint density at radius 1 is 1.48 bits per heavy atom. The van der Waals surface area contributed by atoms with Gasteiger partial charge in [-0.2, -0.15) is 4.98 Å². The van der Waals surface area contributed by atoms with Gasteiger partial charge in [-0.3, -0.25) is 4.90 Å². The molecule has 1 aliphatic rings. The molecule has 1 unspecified atom stereocenters. The van der Waals surface area contributed by atoms with Crippen LogP contribution in [0.15, 0.2) is 17.0 Å². The predicted octanol–water partition coefficient (Wildman–Crippen LogP) is 0.285. The van der Waals surface area contributed by atoms with Gasteiger partial charge in [0.25, 0.3) is 5.89 Å². The number of rotatable bonds is 5.